The Morgan fingerprint density at radius 1 is 1.10 bits per heavy atom. The van der Waals surface area contributed by atoms with Crippen molar-refractivity contribution in [2.75, 3.05) is 37.6 Å². The van der Waals surface area contributed by atoms with E-state index in [1.807, 2.05) is 19.3 Å². The van der Waals surface area contributed by atoms with Gasteiger partial charge in [0.25, 0.3) is 0 Å². The minimum Gasteiger partial charge on any atom is -0.353 e. The van der Waals surface area contributed by atoms with E-state index in [0.29, 0.717) is 5.41 Å². The van der Waals surface area contributed by atoms with Crippen LogP contribution in [0, 0.1) is 18.3 Å². The lowest BCUT2D eigenvalue weighted by atomic mass is 9.83. The van der Waals surface area contributed by atoms with Gasteiger partial charge in [0.1, 0.15) is 5.82 Å². The predicted octanol–water partition coefficient (Wildman–Crippen LogP) is 2.98. The van der Waals surface area contributed by atoms with E-state index in [4.69, 9.17) is 0 Å². The molecule has 0 unspecified atom stereocenters. The molecule has 0 spiro atoms. The Kier molecular flexibility index (Phi) is 5.20. The van der Waals surface area contributed by atoms with Gasteiger partial charge in [0.15, 0.2) is 0 Å². The van der Waals surface area contributed by atoms with E-state index in [1.54, 1.807) is 0 Å². The van der Waals surface area contributed by atoms with Crippen LogP contribution in [-0.2, 0) is 0 Å². The number of hydrogen-bond acceptors (Lipinski definition) is 4. The molecule has 21 heavy (non-hydrogen) atoms. The largest absolute Gasteiger partial charge is 0.353 e. The van der Waals surface area contributed by atoms with Gasteiger partial charge in [-0.1, -0.05) is 27.7 Å². The number of hydrogen-bond donors (Lipinski definition) is 0. The molecule has 0 atom stereocenters. The summed E-state index contributed by atoms with van der Waals surface area (Å²) in [6.07, 6.45) is 5.04. The molecule has 1 aromatic heterocycles. The normalized spacial score (nSPS) is 17.5. The van der Waals surface area contributed by atoms with Crippen molar-refractivity contribution >= 4 is 5.82 Å². The highest BCUT2D eigenvalue weighted by Gasteiger charge is 2.26. The van der Waals surface area contributed by atoms with Crippen molar-refractivity contribution in [3.05, 3.63) is 18.1 Å². The van der Waals surface area contributed by atoms with E-state index >= 15 is 0 Å². The summed E-state index contributed by atoms with van der Waals surface area (Å²) in [7, 11) is 0. The van der Waals surface area contributed by atoms with Crippen molar-refractivity contribution < 1.29 is 0 Å². The third-order valence-corrected chi connectivity index (χ3v) is 4.08. The van der Waals surface area contributed by atoms with Crippen LogP contribution in [0.1, 0.15) is 39.8 Å². The fourth-order valence-electron chi connectivity index (χ4n) is 3.46. The van der Waals surface area contributed by atoms with E-state index in [0.717, 1.165) is 43.6 Å². The van der Waals surface area contributed by atoms with Gasteiger partial charge in [-0.25, -0.2) is 4.98 Å². The number of aromatic nitrogens is 2. The average Bonchev–Trinajstić information content (AvgIpc) is 2.38. The smallest absolute Gasteiger partial charge is 0.147 e. The maximum absolute atomic E-state index is 4.49. The summed E-state index contributed by atoms with van der Waals surface area (Å²) in [4.78, 5) is 13.8. The number of rotatable bonds is 5. The number of piperazine rings is 1. The Labute approximate surface area is 129 Å². The topological polar surface area (TPSA) is 32.3 Å². The SMILES string of the molecule is Cc1cnc(N2CCN(CC(C)(C)CC(C)C)CC2)cn1. The van der Waals surface area contributed by atoms with Crippen molar-refractivity contribution in [1.29, 1.82) is 0 Å². The van der Waals surface area contributed by atoms with Crippen LogP contribution < -0.4 is 4.90 Å². The lowest BCUT2D eigenvalue weighted by Crippen LogP contribution is -2.49. The van der Waals surface area contributed by atoms with Gasteiger partial charge in [-0.15, -0.1) is 0 Å². The minimum absolute atomic E-state index is 0.403. The second kappa shape index (κ2) is 6.73. The summed E-state index contributed by atoms with van der Waals surface area (Å²) in [5.74, 6) is 1.78. The molecule has 0 N–H and O–H groups in total. The van der Waals surface area contributed by atoms with Crippen LogP contribution in [0.15, 0.2) is 12.4 Å². The lowest BCUT2D eigenvalue weighted by molar-refractivity contribution is 0.149. The molecule has 1 saturated heterocycles. The summed E-state index contributed by atoms with van der Waals surface area (Å²) in [5, 5.41) is 0. The fraction of sp³-hybridized carbons (Fsp3) is 0.765. The molecule has 0 radical (unpaired) electrons. The molecule has 1 aromatic rings. The van der Waals surface area contributed by atoms with E-state index in [2.05, 4.69) is 47.5 Å². The molecule has 4 heteroatoms. The van der Waals surface area contributed by atoms with E-state index in [-0.39, 0.29) is 0 Å². The molecule has 0 aromatic carbocycles. The minimum atomic E-state index is 0.403. The summed E-state index contributed by atoms with van der Waals surface area (Å²) in [5.41, 5.74) is 1.38. The molecule has 1 aliphatic rings. The van der Waals surface area contributed by atoms with Crippen molar-refractivity contribution in [3.8, 4) is 0 Å². The standard InChI is InChI=1S/C17H30N4/c1-14(2)10-17(4,5)13-20-6-8-21(9-7-20)16-12-18-15(3)11-19-16/h11-12,14H,6-10,13H2,1-5H3. The zero-order chi connectivity index (χ0) is 15.5. The molecule has 0 aliphatic carbocycles. The van der Waals surface area contributed by atoms with Crippen LogP contribution in [-0.4, -0.2) is 47.6 Å². The number of anilines is 1. The third kappa shape index (κ3) is 4.95. The Morgan fingerprint density at radius 2 is 1.76 bits per heavy atom. The molecule has 4 nitrogen and oxygen atoms in total. The third-order valence-electron chi connectivity index (χ3n) is 4.08. The van der Waals surface area contributed by atoms with Gasteiger partial charge in [0, 0.05) is 32.7 Å². The first kappa shape index (κ1) is 16.2. The van der Waals surface area contributed by atoms with Crippen LogP contribution in [0.3, 0.4) is 0 Å². The molecule has 2 rings (SSSR count). The highest BCUT2D eigenvalue weighted by atomic mass is 15.3. The predicted molar refractivity (Wildman–Crippen MR) is 88.7 cm³/mol. The molecule has 1 aliphatic heterocycles. The Bertz CT molecular complexity index is 431. The first-order valence-corrected chi connectivity index (χ1v) is 8.12. The average molecular weight is 290 g/mol. The summed E-state index contributed by atoms with van der Waals surface area (Å²) < 4.78 is 0. The fourth-order valence-corrected chi connectivity index (χ4v) is 3.46. The highest BCUT2D eigenvalue weighted by Crippen LogP contribution is 2.27. The molecule has 118 valence electrons. The van der Waals surface area contributed by atoms with Gasteiger partial charge in [0.2, 0.25) is 0 Å². The second-order valence-electron chi connectivity index (χ2n) is 7.54. The van der Waals surface area contributed by atoms with Gasteiger partial charge in [0.05, 0.1) is 18.1 Å². The summed E-state index contributed by atoms with van der Waals surface area (Å²) in [6.45, 7) is 16.9. The maximum Gasteiger partial charge on any atom is 0.147 e. The van der Waals surface area contributed by atoms with Crippen molar-refractivity contribution in [3.63, 3.8) is 0 Å². The summed E-state index contributed by atoms with van der Waals surface area (Å²) in [6, 6.07) is 0. The van der Waals surface area contributed by atoms with Gasteiger partial charge >= 0.3 is 0 Å². The van der Waals surface area contributed by atoms with Crippen LogP contribution >= 0.6 is 0 Å². The van der Waals surface area contributed by atoms with Gasteiger partial charge < -0.3 is 4.90 Å². The Hall–Kier alpha value is -1.16. The first-order valence-electron chi connectivity index (χ1n) is 8.12. The monoisotopic (exact) mass is 290 g/mol. The van der Waals surface area contributed by atoms with Crippen LogP contribution in [0.4, 0.5) is 5.82 Å². The zero-order valence-electron chi connectivity index (χ0n) is 14.3. The number of nitrogens with zero attached hydrogens (tertiary/aromatic N) is 4. The lowest BCUT2D eigenvalue weighted by Gasteiger charge is -2.39. The van der Waals surface area contributed by atoms with Crippen LogP contribution in [0.25, 0.3) is 0 Å². The second-order valence-corrected chi connectivity index (χ2v) is 7.54. The van der Waals surface area contributed by atoms with Crippen LogP contribution in [0.2, 0.25) is 0 Å². The Balaban J connectivity index is 1.84. The van der Waals surface area contributed by atoms with Gasteiger partial charge in [-0.2, -0.15) is 0 Å². The molecule has 0 bridgehead atoms. The molecular formula is C17H30N4. The molecule has 0 amide bonds. The number of aryl methyl sites for hydroxylation is 1. The van der Waals surface area contributed by atoms with E-state index in [9.17, 15) is 0 Å². The van der Waals surface area contributed by atoms with Crippen molar-refractivity contribution in [1.82, 2.24) is 14.9 Å². The quantitative estimate of drug-likeness (QED) is 0.834. The maximum atomic E-state index is 4.49. The Morgan fingerprint density at radius 3 is 2.29 bits per heavy atom. The molecule has 2 heterocycles. The molecular weight excluding hydrogens is 260 g/mol. The first-order chi connectivity index (χ1) is 9.85. The van der Waals surface area contributed by atoms with Gasteiger partial charge in [-0.05, 0) is 24.7 Å². The van der Waals surface area contributed by atoms with E-state index in [1.165, 1.54) is 13.0 Å². The van der Waals surface area contributed by atoms with Crippen molar-refractivity contribution in [2.45, 2.75) is 41.0 Å². The molecule has 1 fully saturated rings. The van der Waals surface area contributed by atoms with Crippen LogP contribution in [0.5, 0.6) is 0 Å². The van der Waals surface area contributed by atoms with Gasteiger partial charge in [-0.3, -0.25) is 9.88 Å². The van der Waals surface area contributed by atoms with E-state index < -0.39 is 0 Å². The van der Waals surface area contributed by atoms with Crippen molar-refractivity contribution in [2.24, 2.45) is 11.3 Å². The zero-order valence-corrected chi connectivity index (χ0v) is 14.3. The highest BCUT2D eigenvalue weighted by molar-refractivity contribution is 5.36. The summed E-state index contributed by atoms with van der Waals surface area (Å²) >= 11 is 0. The molecule has 0 saturated carbocycles.